The van der Waals surface area contributed by atoms with Gasteiger partial charge < -0.3 is 15.2 Å². The van der Waals surface area contributed by atoms with Crippen LogP contribution in [0, 0.1) is 0 Å². The highest BCUT2D eigenvalue weighted by molar-refractivity contribution is 5.86. The predicted molar refractivity (Wildman–Crippen MR) is 71.4 cm³/mol. The molecule has 0 saturated carbocycles. The molecule has 0 bridgehead atoms. The summed E-state index contributed by atoms with van der Waals surface area (Å²) >= 11 is 0. The third-order valence-corrected chi connectivity index (χ3v) is 2.67. The van der Waals surface area contributed by atoms with Crippen molar-refractivity contribution in [1.29, 1.82) is 0 Å². The number of amides is 1. The summed E-state index contributed by atoms with van der Waals surface area (Å²) in [5.74, 6) is -6.62. The largest absolute Gasteiger partial charge is 0.493 e. The summed E-state index contributed by atoms with van der Waals surface area (Å²) in [6, 6.07) is 4.45. The van der Waals surface area contributed by atoms with Crippen LogP contribution in [0.4, 0.5) is 8.78 Å². The number of hydrogen-bond donors (Lipinski definition) is 2. The molecule has 1 amide bonds. The van der Waals surface area contributed by atoms with Gasteiger partial charge >= 0.3 is 11.9 Å². The molecule has 5 nitrogen and oxygen atoms in total. The second kappa shape index (κ2) is 7.01. The lowest BCUT2D eigenvalue weighted by Crippen LogP contribution is -2.43. The van der Waals surface area contributed by atoms with Crippen molar-refractivity contribution in [2.45, 2.75) is 32.2 Å². The molecule has 1 aromatic rings. The highest BCUT2D eigenvalue weighted by Crippen LogP contribution is 2.35. The molecule has 0 aliphatic heterocycles. The molecule has 7 heteroatoms. The molecular formula is C14H17F2NO4. The van der Waals surface area contributed by atoms with Gasteiger partial charge in [0.25, 0.3) is 5.91 Å². The molecular weight excluding hydrogens is 284 g/mol. The molecule has 0 aromatic heterocycles. The average molecular weight is 301 g/mol. The first-order valence-electron chi connectivity index (χ1n) is 6.41. The zero-order valence-electron chi connectivity index (χ0n) is 11.7. The lowest BCUT2D eigenvalue weighted by atomic mass is 10.1. The van der Waals surface area contributed by atoms with E-state index in [2.05, 4.69) is 0 Å². The van der Waals surface area contributed by atoms with Crippen molar-refractivity contribution in [2.75, 3.05) is 6.61 Å². The topological polar surface area (TPSA) is 75.6 Å². The van der Waals surface area contributed by atoms with Crippen molar-refractivity contribution in [2.24, 2.45) is 0 Å². The molecule has 21 heavy (non-hydrogen) atoms. The summed E-state index contributed by atoms with van der Waals surface area (Å²) in [6.07, 6.45) is -0.436. The van der Waals surface area contributed by atoms with Crippen LogP contribution in [0.15, 0.2) is 24.3 Å². The number of ether oxygens (including phenoxy) is 1. The Morgan fingerprint density at radius 1 is 1.38 bits per heavy atom. The van der Waals surface area contributed by atoms with E-state index in [0.29, 0.717) is 0 Å². The molecule has 2 N–H and O–H groups in total. The van der Waals surface area contributed by atoms with Gasteiger partial charge in [0.1, 0.15) is 5.75 Å². The second-order valence-corrected chi connectivity index (χ2v) is 4.48. The molecule has 1 unspecified atom stereocenters. The molecule has 0 aliphatic carbocycles. The van der Waals surface area contributed by atoms with E-state index in [-0.39, 0.29) is 12.4 Å². The van der Waals surface area contributed by atoms with Gasteiger partial charge in [0.2, 0.25) is 0 Å². The number of aliphatic carboxylic acids is 1. The normalized spacial score (nSPS) is 12.6. The second-order valence-electron chi connectivity index (χ2n) is 4.48. The Bertz CT molecular complexity index is 519. The van der Waals surface area contributed by atoms with Crippen LogP contribution in [-0.2, 0) is 15.5 Å². The van der Waals surface area contributed by atoms with Crippen molar-refractivity contribution in [3.63, 3.8) is 0 Å². The molecule has 0 aliphatic rings. The average Bonchev–Trinajstić information content (AvgIpc) is 2.38. The van der Waals surface area contributed by atoms with Crippen molar-refractivity contribution < 1.29 is 28.2 Å². The maximum atomic E-state index is 14.2. The van der Waals surface area contributed by atoms with Gasteiger partial charge in [0.05, 0.1) is 18.6 Å². The molecule has 0 spiro atoms. The van der Waals surface area contributed by atoms with Crippen LogP contribution in [0.2, 0.25) is 0 Å². The number of rotatable bonds is 7. The van der Waals surface area contributed by atoms with E-state index in [1.54, 1.807) is 6.92 Å². The van der Waals surface area contributed by atoms with Gasteiger partial charge in [-0.05, 0) is 26.0 Å². The smallest absolute Gasteiger partial charge is 0.353 e. The summed E-state index contributed by atoms with van der Waals surface area (Å²) in [6.45, 7) is 3.17. The third-order valence-electron chi connectivity index (χ3n) is 2.67. The Hall–Kier alpha value is -2.18. The van der Waals surface area contributed by atoms with Crippen LogP contribution in [0.25, 0.3) is 0 Å². The van der Waals surface area contributed by atoms with E-state index in [9.17, 15) is 18.4 Å². The van der Waals surface area contributed by atoms with Gasteiger partial charge in [-0.1, -0.05) is 12.1 Å². The molecule has 116 valence electrons. The summed E-state index contributed by atoms with van der Waals surface area (Å²) < 4.78 is 33.5. The van der Waals surface area contributed by atoms with Crippen molar-refractivity contribution in [1.82, 2.24) is 5.32 Å². The van der Waals surface area contributed by atoms with Gasteiger partial charge in [-0.3, -0.25) is 9.59 Å². The van der Waals surface area contributed by atoms with Gasteiger partial charge in [0.15, 0.2) is 0 Å². The Morgan fingerprint density at radius 2 is 2.00 bits per heavy atom. The molecule has 1 rings (SSSR count). The van der Waals surface area contributed by atoms with Crippen molar-refractivity contribution in [3.05, 3.63) is 29.8 Å². The number of alkyl halides is 2. The number of benzene rings is 1. The minimum atomic E-state index is -3.81. The van der Waals surface area contributed by atoms with Crippen LogP contribution < -0.4 is 10.1 Å². The van der Waals surface area contributed by atoms with Gasteiger partial charge in [-0.15, -0.1) is 0 Å². The fourth-order valence-corrected chi connectivity index (χ4v) is 1.76. The minimum Gasteiger partial charge on any atom is -0.493 e. The first kappa shape index (κ1) is 16.9. The summed E-state index contributed by atoms with van der Waals surface area (Å²) in [4.78, 5) is 22.2. The van der Waals surface area contributed by atoms with Gasteiger partial charge in [0, 0.05) is 6.04 Å². The fourth-order valence-electron chi connectivity index (χ4n) is 1.76. The first-order valence-corrected chi connectivity index (χ1v) is 6.41. The molecule has 0 fully saturated rings. The molecule has 0 saturated heterocycles. The molecule has 1 aromatic carbocycles. The van der Waals surface area contributed by atoms with E-state index in [4.69, 9.17) is 9.84 Å². The van der Waals surface area contributed by atoms with E-state index in [1.807, 2.05) is 5.32 Å². The van der Waals surface area contributed by atoms with Crippen LogP contribution in [0.5, 0.6) is 5.75 Å². The number of para-hydroxylation sites is 1. The lowest BCUT2D eigenvalue weighted by Gasteiger charge is -2.21. The number of carboxylic acids is 1. The van der Waals surface area contributed by atoms with Crippen LogP contribution in [0.3, 0.4) is 0 Å². The zero-order valence-corrected chi connectivity index (χ0v) is 11.7. The zero-order chi connectivity index (χ0) is 16.0. The molecule has 1 atom stereocenters. The summed E-state index contributed by atoms with van der Waals surface area (Å²) in [5, 5.41) is 10.6. The van der Waals surface area contributed by atoms with Gasteiger partial charge in [-0.2, -0.15) is 8.78 Å². The predicted octanol–water partition coefficient (Wildman–Crippen LogP) is 2.16. The fraction of sp³-hybridized carbons (Fsp3) is 0.429. The van der Waals surface area contributed by atoms with Crippen molar-refractivity contribution >= 4 is 11.9 Å². The van der Waals surface area contributed by atoms with Crippen LogP contribution in [0.1, 0.15) is 25.8 Å². The maximum absolute atomic E-state index is 14.2. The van der Waals surface area contributed by atoms with Crippen LogP contribution >= 0.6 is 0 Å². The summed E-state index contributed by atoms with van der Waals surface area (Å²) in [7, 11) is 0. The minimum absolute atomic E-state index is 0.0777. The third kappa shape index (κ3) is 4.40. The standard InChI is InChI=1S/C14H17F2NO4/c1-3-21-11-7-5-4-6-10(11)14(15,16)13(20)17-9(2)8-12(18)19/h4-7,9H,3,8H2,1-2H3,(H,17,20)(H,18,19). The number of carbonyl (C=O) groups is 2. The Kier molecular flexibility index (Phi) is 5.63. The Balaban J connectivity index is 2.94. The number of halogens is 2. The SMILES string of the molecule is CCOc1ccccc1C(F)(F)C(=O)NC(C)CC(=O)O. The van der Waals surface area contributed by atoms with Gasteiger partial charge in [-0.25, -0.2) is 0 Å². The molecule has 0 radical (unpaired) electrons. The quantitative estimate of drug-likeness (QED) is 0.809. The summed E-state index contributed by atoms with van der Waals surface area (Å²) in [5.41, 5.74) is -0.549. The number of nitrogens with one attached hydrogen (secondary N) is 1. The number of hydrogen-bond acceptors (Lipinski definition) is 3. The number of carbonyl (C=O) groups excluding carboxylic acids is 1. The molecule has 0 heterocycles. The first-order chi connectivity index (χ1) is 9.78. The van der Waals surface area contributed by atoms with Crippen molar-refractivity contribution in [3.8, 4) is 5.75 Å². The Labute approximate surface area is 120 Å². The van der Waals surface area contributed by atoms with E-state index in [1.165, 1.54) is 25.1 Å². The maximum Gasteiger partial charge on any atom is 0.353 e. The van der Waals surface area contributed by atoms with E-state index < -0.39 is 35.8 Å². The Morgan fingerprint density at radius 3 is 2.57 bits per heavy atom. The van der Waals surface area contributed by atoms with Crippen LogP contribution in [-0.4, -0.2) is 29.6 Å². The highest BCUT2D eigenvalue weighted by Gasteiger charge is 2.43. The highest BCUT2D eigenvalue weighted by atomic mass is 19.3. The lowest BCUT2D eigenvalue weighted by molar-refractivity contribution is -0.148. The van der Waals surface area contributed by atoms with E-state index >= 15 is 0 Å². The monoisotopic (exact) mass is 301 g/mol. The van der Waals surface area contributed by atoms with E-state index in [0.717, 1.165) is 6.07 Å². The number of carboxylic acid groups (broad SMARTS) is 1.